The van der Waals surface area contributed by atoms with Gasteiger partial charge in [0.1, 0.15) is 0 Å². The van der Waals surface area contributed by atoms with Crippen molar-refractivity contribution in [3.8, 4) is 0 Å². The zero-order valence-electron chi connectivity index (χ0n) is 8.37. The maximum Gasteiger partial charge on any atom is 0.236 e. The number of hydrogen-bond donors (Lipinski definition) is 0. The quantitative estimate of drug-likeness (QED) is 0.549. The van der Waals surface area contributed by atoms with E-state index in [4.69, 9.17) is 10.7 Å². The summed E-state index contributed by atoms with van der Waals surface area (Å²) in [6.45, 7) is 5.86. The van der Waals surface area contributed by atoms with Crippen molar-refractivity contribution in [2.75, 3.05) is 25.9 Å². The average Bonchev–Trinajstić information content (AvgIpc) is 2.30. The van der Waals surface area contributed by atoms with Gasteiger partial charge in [-0.25, -0.2) is 8.42 Å². The van der Waals surface area contributed by atoms with Gasteiger partial charge in [-0.05, 0) is 32.4 Å². The second kappa shape index (κ2) is 4.64. The molecule has 0 spiro atoms. The summed E-state index contributed by atoms with van der Waals surface area (Å²) >= 11 is 0. The van der Waals surface area contributed by atoms with Crippen molar-refractivity contribution in [3.63, 3.8) is 0 Å². The summed E-state index contributed by atoms with van der Waals surface area (Å²) in [5, 5.41) is 0. The molecule has 1 saturated heterocycles. The maximum atomic E-state index is 10.8. The topological polar surface area (TPSA) is 37.4 Å². The van der Waals surface area contributed by atoms with Gasteiger partial charge in [0.15, 0.2) is 0 Å². The van der Waals surface area contributed by atoms with Crippen LogP contribution in [0.25, 0.3) is 0 Å². The molecule has 1 aliphatic heterocycles. The van der Waals surface area contributed by atoms with Crippen LogP contribution in [0.1, 0.15) is 12.8 Å². The monoisotopic (exact) mass is 237 g/mol. The highest BCUT2D eigenvalue weighted by Crippen LogP contribution is 2.22. The van der Waals surface area contributed by atoms with Crippen LogP contribution in [0.3, 0.4) is 0 Å². The standard InChI is InChI=1S/C9H16ClNO2S/c1-8(7-14(10,12)13)5-9-3-4-11(2)6-9/h9H,1,3-7H2,2H3. The largest absolute Gasteiger partial charge is 0.306 e. The van der Waals surface area contributed by atoms with Crippen LogP contribution in [0.15, 0.2) is 12.2 Å². The second-order valence-corrected chi connectivity index (χ2v) is 6.83. The lowest BCUT2D eigenvalue weighted by Gasteiger charge is -2.11. The molecule has 0 radical (unpaired) electrons. The molecule has 3 nitrogen and oxygen atoms in total. The number of rotatable bonds is 4. The third-order valence-corrected chi connectivity index (χ3v) is 3.52. The Morgan fingerprint density at radius 1 is 1.64 bits per heavy atom. The van der Waals surface area contributed by atoms with Gasteiger partial charge in [-0.2, -0.15) is 0 Å². The first-order chi connectivity index (χ1) is 6.37. The van der Waals surface area contributed by atoms with Crippen LogP contribution in [0.2, 0.25) is 0 Å². The summed E-state index contributed by atoms with van der Waals surface area (Å²) < 4.78 is 21.5. The third-order valence-electron chi connectivity index (χ3n) is 2.44. The Labute approximate surface area is 90.2 Å². The van der Waals surface area contributed by atoms with Crippen molar-refractivity contribution in [3.05, 3.63) is 12.2 Å². The number of hydrogen-bond acceptors (Lipinski definition) is 3. The molecule has 0 aliphatic carbocycles. The fraction of sp³-hybridized carbons (Fsp3) is 0.778. The fourth-order valence-electron chi connectivity index (χ4n) is 1.90. The summed E-state index contributed by atoms with van der Waals surface area (Å²) in [4.78, 5) is 2.24. The van der Waals surface area contributed by atoms with E-state index in [0.717, 1.165) is 31.5 Å². The molecule has 0 aromatic carbocycles. The van der Waals surface area contributed by atoms with Gasteiger partial charge >= 0.3 is 0 Å². The molecule has 1 fully saturated rings. The predicted octanol–water partition coefficient (Wildman–Crippen LogP) is 1.45. The summed E-state index contributed by atoms with van der Waals surface area (Å²) in [7, 11) is 3.79. The van der Waals surface area contributed by atoms with Gasteiger partial charge in [0.25, 0.3) is 0 Å². The van der Waals surface area contributed by atoms with E-state index in [9.17, 15) is 8.42 Å². The number of likely N-dealkylation sites (tertiary alicyclic amines) is 1. The smallest absolute Gasteiger partial charge is 0.236 e. The minimum Gasteiger partial charge on any atom is -0.306 e. The van der Waals surface area contributed by atoms with Crippen molar-refractivity contribution in [1.29, 1.82) is 0 Å². The van der Waals surface area contributed by atoms with Crippen LogP contribution in [0.4, 0.5) is 0 Å². The molecule has 1 unspecified atom stereocenters. The minimum atomic E-state index is -3.42. The Bertz CT molecular complexity index is 313. The van der Waals surface area contributed by atoms with E-state index in [0.29, 0.717) is 5.92 Å². The summed E-state index contributed by atoms with van der Waals surface area (Å²) in [6.07, 6.45) is 1.90. The van der Waals surface area contributed by atoms with E-state index in [1.54, 1.807) is 0 Å². The van der Waals surface area contributed by atoms with Crippen LogP contribution >= 0.6 is 10.7 Å². The molecule has 0 amide bonds. The van der Waals surface area contributed by atoms with E-state index in [2.05, 4.69) is 18.5 Å². The molecule has 1 atom stereocenters. The lowest BCUT2D eigenvalue weighted by Crippen LogP contribution is -2.14. The molecule has 82 valence electrons. The van der Waals surface area contributed by atoms with Gasteiger partial charge < -0.3 is 4.90 Å². The van der Waals surface area contributed by atoms with E-state index < -0.39 is 9.05 Å². The van der Waals surface area contributed by atoms with E-state index in [1.807, 2.05) is 0 Å². The Morgan fingerprint density at radius 3 is 2.71 bits per heavy atom. The Morgan fingerprint density at radius 2 is 2.29 bits per heavy atom. The lowest BCUT2D eigenvalue weighted by molar-refractivity contribution is 0.394. The fourth-order valence-corrected chi connectivity index (χ4v) is 2.97. The summed E-state index contributed by atoms with van der Waals surface area (Å²) in [5.74, 6) is 0.459. The molecule has 14 heavy (non-hydrogen) atoms. The molecular weight excluding hydrogens is 222 g/mol. The van der Waals surface area contributed by atoms with Crippen LogP contribution < -0.4 is 0 Å². The van der Waals surface area contributed by atoms with Crippen molar-refractivity contribution in [1.82, 2.24) is 4.90 Å². The SMILES string of the molecule is C=C(CC1CCN(C)C1)CS(=O)(=O)Cl. The van der Waals surface area contributed by atoms with Gasteiger partial charge in [0.2, 0.25) is 9.05 Å². The maximum absolute atomic E-state index is 10.8. The molecular formula is C9H16ClNO2S. The molecule has 0 N–H and O–H groups in total. The summed E-state index contributed by atoms with van der Waals surface area (Å²) in [5.41, 5.74) is 0.723. The lowest BCUT2D eigenvalue weighted by atomic mass is 10.0. The Kier molecular flexibility index (Phi) is 3.98. The molecule has 1 rings (SSSR count). The number of halogens is 1. The first-order valence-electron chi connectivity index (χ1n) is 4.64. The van der Waals surface area contributed by atoms with Crippen LogP contribution in [0, 0.1) is 5.92 Å². The number of nitrogens with zero attached hydrogens (tertiary/aromatic N) is 1. The van der Waals surface area contributed by atoms with Gasteiger partial charge in [-0.3, -0.25) is 0 Å². The van der Waals surface area contributed by atoms with Crippen molar-refractivity contribution >= 4 is 19.7 Å². The molecule has 1 heterocycles. The van der Waals surface area contributed by atoms with Crippen LogP contribution in [0.5, 0.6) is 0 Å². The van der Waals surface area contributed by atoms with E-state index >= 15 is 0 Å². The zero-order valence-corrected chi connectivity index (χ0v) is 9.94. The van der Waals surface area contributed by atoms with Crippen LogP contribution in [-0.2, 0) is 9.05 Å². The molecule has 5 heteroatoms. The normalized spacial score (nSPS) is 24.0. The Balaban J connectivity index is 2.35. The molecule has 0 bridgehead atoms. The second-order valence-electron chi connectivity index (χ2n) is 4.05. The molecule has 0 aromatic rings. The van der Waals surface area contributed by atoms with Gasteiger partial charge in [-0.1, -0.05) is 12.2 Å². The first kappa shape index (κ1) is 12.0. The average molecular weight is 238 g/mol. The van der Waals surface area contributed by atoms with Crippen molar-refractivity contribution in [2.24, 2.45) is 5.92 Å². The van der Waals surface area contributed by atoms with E-state index in [-0.39, 0.29) is 5.75 Å². The third kappa shape index (κ3) is 4.44. The predicted molar refractivity (Wildman–Crippen MR) is 59.0 cm³/mol. The highest BCUT2D eigenvalue weighted by Gasteiger charge is 2.21. The zero-order chi connectivity index (χ0) is 10.8. The first-order valence-corrected chi connectivity index (χ1v) is 7.12. The molecule has 1 aliphatic rings. The van der Waals surface area contributed by atoms with E-state index in [1.165, 1.54) is 0 Å². The van der Waals surface area contributed by atoms with Crippen molar-refractivity contribution in [2.45, 2.75) is 12.8 Å². The summed E-state index contributed by atoms with van der Waals surface area (Å²) in [6, 6.07) is 0. The molecule has 0 aromatic heterocycles. The minimum absolute atomic E-state index is 0.0885. The van der Waals surface area contributed by atoms with Gasteiger partial charge in [0, 0.05) is 17.2 Å². The Hall–Kier alpha value is -0.0600. The molecule has 0 saturated carbocycles. The van der Waals surface area contributed by atoms with Gasteiger partial charge in [0.05, 0.1) is 5.75 Å². The van der Waals surface area contributed by atoms with Gasteiger partial charge in [-0.15, -0.1) is 0 Å². The highest BCUT2D eigenvalue weighted by atomic mass is 35.7. The highest BCUT2D eigenvalue weighted by molar-refractivity contribution is 8.13. The van der Waals surface area contributed by atoms with Crippen LogP contribution in [-0.4, -0.2) is 39.2 Å². The van der Waals surface area contributed by atoms with Crippen molar-refractivity contribution < 1.29 is 8.42 Å².